The Kier molecular flexibility index (Phi) is 4.81. The van der Waals surface area contributed by atoms with Gasteiger partial charge in [0.05, 0.1) is 6.20 Å². The number of nitrogens with zero attached hydrogens (tertiary/aromatic N) is 4. The van der Waals surface area contributed by atoms with Gasteiger partial charge in [-0.25, -0.2) is 9.37 Å². The number of hydrogen-bond donors (Lipinski definition) is 1. The van der Waals surface area contributed by atoms with Crippen molar-refractivity contribution < 1.29 is 4.39 Å². The fraction of sp³-hybridized carbons (Fsp3) is 0.357. The fourth-order valence-corrected chi connectivity index (χ4v) is 1.87. The Morgan fingerprint density at radius 2 is 2.00 bits per heavy atom. The van der Waals surface area contributed by atoms with Crippen molar-refractivity contribution in [3.63, 3.8) is 0 Å². The standard InChI is InChI=1S/C14H18FN5/c1-3-17-14-18-9-12(15)13(19-14)20(4-2)10-11-5-7-16-8-6-11/h5-9H,3-4,10H2,1-2H3,(H,17,18,19). The van der Waals surface area contributed by atoms with Crippen LogP contribution < -0.4 is 10.2 Å². The quantitative estimate of drug-likeness (QED) is 0.877. The van der Waals surface area contributed by atoms with Gasteiger partial charge < -0.3 is 10.2 Å². The molecule has 2 rings (SSSR count). The maximum Gasteiger partial charge on any atom is 0.224 e. The number of pyridine rings is 1. The maximum atomic E-state index is 13.9. The Morgan fingerprint density at radius 3 is 2.65 bits per heavy atom. The third-order valence-corrected chi connectivity index (χ3v) is 2.86. The molecule has 0 unspecified atom stereocenters. The van der Waals surface area contributed by atoms with Crippen molar-refractivity contribution >= 4 is 11.8 Å². The highest BCUT2D eigenvalue weighted by Crippen LogP contribution is 2.19. The van der Waals surface area contributed by atoms with Gasteiger partial charge in [0.2, 0.25) is 5.95 Å². The van der Waals surface area contributed by atoms with Crippen LogP contribution in [0.3, 0.4) is 0 Å². The van der Waals surface area contributed by atoms with Crippen molar-refractivity contribution in [2.75, 3.05) is 23.3 Å². The van der Waals surface area contributed by atoms with E-state index in [9.17, 15) is 4.39 Å². The van der Waals surface area contributed by atoms with Crippen LogP contribution in [0.1, 0.15) is 19.4 Å². The first kappa shape index (κ1) is 14.2. The molecule has 106 valence electrons. The van der Waals surface area contributed by atoms with Crippen LogP contribution in [0.5, 0.6) is 0 Å². The molecule has 0 aromatic carbocycles. The first-order valence-corrected chi connectivity index (χ1v) is 6.64. The zero-order valence-corrected chi connectivity index (χ0v) is 11.7. The van der Waals surface area contributed by atoms with Gasteiger partial charge in [-0.2, -0.15) is 4.98 Å². The van der Waals surface area contributed by atoms with E-state index in [1.54, 1.807) is 12.4 Å². The van der Waals surface area contributed by atoms with Crippen molar-refractivity contribution in [3.05, 3.63) is 42.1 Å². The summed E-state index contributed by atoms with van der Waals surface area (Å²) in [6, 6.07) is 3.82. The van der Waals surface area contributed by atoms with Crippen molar-refractivity contribution in [3.8, 4) is 0 Å². The summed E-state index contributed by atoms with van der Waals surface area (Å²) < 4.78 is 13.9. The molecule has 0 saturated carbocycles. The second-order valence-electron chi connectivity index (χ2n) is 4.27. The van der Waals surface area contributed by atoms with Gasteiger partial charge in [0.25, 0.3) is 0 Å². The average Bonchev–Trinajstić information content (AvgIpc) is 2.48. The molecule has 0 radical (unpaired) electrons. The molecule has 1 N–H and O–H groups in total. The van der Waals surface area contributed by atoms with Crippen molar-refractivity contribution in [1.29, 1.82) is 0 Å². The van der Waals surface area contributed by atoms with Crippen LogP contribution in [0.2, 0.25) is 0 Å². The van der Waals surface area contributed by atoms with Crippen LogP contribution in [-0.4, -0.2) is 28.0 Å². The smallest absolute Gasteiger partial charge is 0.224 e. The average molecular weight is 275 g/mol. The number of anilines is 2. The lowest BCUT2D eigenvalue weighted by molar-refractivity contribution is 0.602. The Bertz CT molecular complexity index is 547. The monoisotopic (exact) mass is 275 g/mol. The van der Waals surface area contributed by atoms with Crippen LogP contribution in [-0.2, 0) is 6.54 Å². The summed E-state index contributed by atoms with van der Waals surface area (Å²) in [6.45, 7) is 5.85. The predicted octanol–water partition coefficient (Wildman–Crippen LogP) is 2.47. The summed E-state index contributed by atoms with van der Waals surface area (Å²) >= 11 is 0. The van der Waals surface area contributed by atoms with E-state index in [1.165, 1.54) is 6.20 Å². The summed E-state index contributed by atoms with van der Waals surface area (Å²) in [6.07, 6.45) is 4.66. The number of rotatable bonds is 6. The van der Waals surface area contributed by atoms with E-state index in [4.69, 9.17) is 0 Å². The van der Waals surface area contributed by atoms with E-state index in [2.05, 4.69) is 20.3 Å². The zero-order valence-electron chi connectivity index (χ0n) is 11.7. The number of halogens is 1. The molecule has 0 saturated heterocycles. The predicted molar refractivity (Wildman–Crippen MR) is 77.1 cm³/mol. The molecule has 0 aliphatic rings. The third kappa shape index (κ3) is 3.40. The molecule has 0 fully saturated rings. The van der Waals surface area contributed by atoms with E-state index >= 15 is 0 Å². The summed E-state index contributed by atoms with van der Waals surface area (Å²) in [5.74, 6) is 0.342. The van der Waals surface area contributed by atoms with E-state index in [-0.39, 0.29) is 0 Å². The van der Waals surface area contributed by atoms with Crippen LogP contribution in [0.25, 0.3) is 0 Å². The SMILES string of the molecule is CCNc1ncc(F)c(N(CC)Cc2ccncc2)n1. The molecule has 20 heavy (non-hydrogen) atoms. The maximum absolute atomic E-state index is 13.9. The highest BCUT2D eigenvalue weighted by molar-refractivity contribution is 5.44. The number of hydrogen-bond acceptors (Lipinski definition) is 5. The Morgan fingerprint density at radius 1 is 1.25 bits per heavy atom. The van der Waals surface area contributed by atoms with Gasteiger partial charge in [-0.15, -0.1) is 0 Å². The molecule has 6 heteroatoms. The summed E-state index contributed by atoms with van der Waals surface area (Å²) in [5, 5.41) is 2.99. The van der Waals surface area contributed by atoms with Gasteiger partial charge in [-0.3, -0.25) is 4.98 Å². The first-order valence-electron chi connectivity index (χ1n) is 6.64. The topological polar surface area (TPSA) is 53.9 Å². The van der Waals surface area contributed by atoms with Crippen molar-refractivity contribution in [2.45, 2.75) is 20.4 Å². The number of aromatic nitrogens is 3. The minimum atomic E-state index is -0.414. The lowest BCUT2D eigenvalue weighted by Gasteiger charge is -2.22. The zero-order chi connectivity index (χ0) is 14.4. The lowest BCUT2D eigenvalue weighted by atomic mass is 10.2. The third-order valence-electron chi connectivity index (χ3n) is 2.86. The molecule has 0 amide bonds. The molecular weight excluding hydrogens is 257 g/mol. The van der Waals surface area contributed by atoms with Gasteiger partial charge in [0.15, 0.2) is 11.6 Å². The Balaban J connectivity index is 2.24. The molecular formula is C14H18FN5. The summed E-state index contributed by atoms with van der Waals surface area (Å²) in [7, 11) is 0. The lowest BCUT2D eigenvalue weighted by Crippen LogP contribution is -2.25. The van der Waals surface area contributed by atoms with Gasteiger partial charge >= 0.3 is 0 Å². The van der Waals surface area contributed by atoms with E-state index in [0.29, 0.717) is 31.4 Å². The molecule has 2 aromatic heterocycles. The molecule has 5 nitrogen and oxygen atoms in total. The molecule has 2 aromatic rings. The molecule has 2 heterocycles. The van der Waals surface area contributed by atoms with Crippen molar-refractivity contribution in [2.24, 2.45) is 0 Å². The normalized spacial score (nSPS) is 10.3. The molecule has 0 bridgehead atoms. The second kappa shape index (κ2) is 6.79. The van der Waals surface area contributed by atoms with E-state index in [0.717, 1.165) is 5.56 Å². The molecule has 0 atom stereocenters. The van der Waals surface area contributed by atoms with E-state index in [1.807, 2.05) is 30.9 Å². The van der Waals surface area contributed by atoms with Crippen LogP contribution >= 0.6 is 0 Å². The number of nitrogens with one attached hydrogen (secondary N) is 1. The van der Waals surface area contributed by atoms with Crippen molar-refractivity contribution in [1.82, 2.24) is 15.0 Å². The highest BCUT2D eigenvalue weighted by atomic mass is 19.1. The molecule has 0 aliphatic heterocycles. The van der Waals surface area contributed by atoms with Gasteiger partial charge in [0.1, 0.15) is 0 Å². The van der Waals surface area contributed by atoms with Gasteiger partial charge in [-0.05, 0) is 31.5 Å². The summed E-state index contributed by atoms with van der Waals surface area (Å²) in [5.41, 5.74) is 1.06. The molecule has 0 aliphatic carbocycles. The first-order chi connectivity index (χ1) is 9.74. The van der Waals surface area contributed by atoms with Gasteiger partial charge in [0, 0.05) is 32.0 Å². The van der Waals surface area contributed by atoms with Crippen LogP contribution in [0.4, 0.5) is 16.2 Å². The van der Waals surface area contributed by atoms with Crippen LogP contribution in [0, 0.1) is 5.82 Å². The largest absolute Gasteiger partial charge is 0.354 e. The van der Waals surface area contributed by atoms with E-state index < -0.39 is 5.82 Å². The van der Waals surface area contributed by atoms with Crippen LogP contribution in [0.15, 0.2) is 30.7 Å². The Hall–Kier alpha value is -2.24. The minimum Gasteiger partial charge on any atom is -0.354 e. The molecule has 0 spiro atoms. The Labute approximate surface area is 117 Å². The fourth-order valence-electron chi connectivity index (χ4n) is 1.87. The summed E-state index contributed by atoms with van der Waals surface area (Å²) in [4.78, 5) is 14.0. The second-order valence-corrected chi connectivity index (χ2v) is 4.27. The van der Waals surface area contributed by atoms with Gasteiger partial charge in [-0.1, -0.05) is 0 Å². The minimum absolute atomic E-state index is 0.315. The highest BCUT2D eigenvalue weighted by Gasteiger charge is 2.14.